The molecular formula is C17H17ClFN5O3S. The Bertz CT molecular complexity index is 1090. The highest BCUT2D eigenvalue weighted by atomic mass is 35.5. The molecule has 148 valence electrons. The minimum atomic E-state index is -1.39. The van der Waals surface area contributed by atoms with Crippen molar-refractivity contribution in [3.05, 3.63) is 45.4 Å². The summed E-state index contributed by atoms with van der Waals surface area (Å²) in [6, 6.07) is 0.947. The van der Waals surface area contributed by atoms with Crippen molar-refractivity contribution < 1.29 is 14.3 Å². The van der Waals surface area contributed by atoms with Crippen molar-refractivity contribution in [3.63, 3.8) is 0 Å². The molecule has 0 aliphatic carbocycles. The molecule has 4 heterocycles. The topological polar surface area (TPSA) is 114 Å². The lowest BCUT2D eigenvalue weighted by molar-refractivity contribution is 0.0695. The van der Waals surface area contributed by atoms with Crippen molar-refractivity contribution in [2.75, 3.05) is 18.0 Å². The molecule has 1 aliphatic heterocycles. The standard InChI is InChI=1S/C17H16FN5O3S.ClH/c1-8-5-22(7-12(8)19)15-11(18)4-9-13(24)10(16(25)26)6-23(14(9)21-15)17-20-2-3-27-17;/h2-4,6,8,12H,5,7,19H2,1H3,(H,25,26);1H/t8-,12+;/m1./s1. The second kappa shape index (κ2) is 7.46. The molecule has 1 aliphatic rings. The summed E-state index contributed by atoms with van der Waals surface area (Å²) in [5.74, 6) is -1.81. The van der Waals surface area contributed by atoms with Crippen LogP contribution in [0.1, 0.15) is 17.3 Å². The molecule has 0 unspecified atom stereocenters. The maximum atomic E-state index is 14.8. The SMILES string of the molecule is C[C@@H]1CN(c2nc3c(cc2F)c(=O)c(C(=O)O)cn3-c2nccs2)C[C@@H]1N.Cl. The normalized spacial score (nSPS) is 19.0. The molecule has 11 heteroatoms. The first-order chi connectivity index (χ1) is 12.9. The van der Waals surface area contributed by atoms with Crippen LogP contribution in [0.25, 0.3) is 16.2 Å². The van der Waals surface area contributed by atoms with Crippen LogP contribution >= 0.6 is 23.7 Å². The number of aromatic nitrogens is 3. The third kappa shape index (κ3) is 3.23. The Balaban J connectivity index is 0.00000225. The number of halogens is 2. The molecule has 0 bridgehead atoms. The van der Waals surface area contributed by atoms with E-state index in [9.17, 15) is 19.1 Å². The minimum absolute atomic E-state index is 0. The lowest BCUT2D eigenvalue weighted by Crippen LogP contribution is -2.29. The third-order valence-electron chi connectivity index (χ3n) is 4.74. The minimum Gasteiger partial charge on any atom is -0.477 e. The smallest absolute Gasteiger partial charge is 0.341 e. The summed E-state index contributed by atoms with van der Waals surface area (Å²) in [6.45, 7) is 2.98. The molecule has 0 saturated carbocycles. The predicted molar refractivity (Wildman–Crippen MR) is 107 cm³/mol. The van der Waals surface area contributed by atoms with Gasteiger partial charge in [0.25, 0.3) is 0 Å². The molecule has 3 aromatic heterocycles. The van der Waals surface area contributed by atoms with Gasteiger partial charge < -0.3 is 15.7 Å². The predicted octanol–water partition coefficient (Wildman–Crippen LogP) is 1.88. The van der Waals surface area contributed by atoms with Gasteiger partial charge in [-0.3, -0.25) is 9.36 Å². The summed E-state index contributed by atoms with van der Waals surface area (Å²) in [6.07, 6.45) is 2.73. The number of anilines is 1. The number of aromatic carboxylic acids is 1. The number of nitrogens with two attached hydrogens (primary N) is 1. The Morgan fingerprint density at radius 3 is 2.75 bits per heavy atom. The fourth-order valence-corrected chi connectivity index (χ4v) is 3.85. The summed E-state index contributed by atoms with van der Waals surface area (Å²) in [5, 5.41) is 11.4. The Hall–Kier alpha value is -2.56. The first kappa shape index (κ1) is 20.2. The van der Waals surface area contributed by atoms with E-state index in [0.29, 0.717) is 18.2 Å². The first-order valence-corrected chi connectivity index (χ1v) is 9.14. The van der Waals surface area contributed by atoms with Crippen LogP contribution in [0.15, 0.2) is 28.6 Å². The molecule has 2 atom stereocenters. The molecule has 0 radical (unpaired) electrons. The Morgan fingerprint density at radius 1 is 1.43 bits per heavy atom. The van der Waals surface area contributed by atoms with Gasteiger partial charge >= 0.3 is 5.97 Å². The van der Waals surface area contributed by atoms with Gasteiger partial charge in [-0.15, -0.1) is 23.7 Å². The fourth-order valence-electron chi connectivity index (χ4n) is 3.23. The van der Waals surface area contributed by atoms with Crippen LogP contribution in [0.5, 0.6) is 0 Å². The van der Waals surface area contributed by atoms with E-state index in [-0.39, 0.29) is 41.2 Å². The van der Waals surface area contributed by atoms with Crippen LogP contribution in [-0.4, -0.2) is 44.7 Å². The number of fused-ring (bicyclic) bond motifs is 1. The highest BCUT2D eigenvalue weighted by molar-refractivity contribution is 7.12. The second-order valence-corrected chi connectivity index (χ2v) is 7.45. The zero-order chi connectivity index (χ0) is 19.3. The van der Waals surface area contributed by atoms with E-state index < -0.39 is 22.8 Å². The monoisotopic (exact) mass is 425 g/mol. The summed E-state index contributed by atoms with van der Waals surface area (Å²) in [7, 11) is 0. The average molecular weight is 426 g/mol. The van der Waals surface area contributed by atoms with Gasteiger partial charge in [-0.25, -0.2) is 19.2 Å². The Kier molecular flexibility index (Phi) is 5.37. The number of nitrogens with zero attached hydrogens (tertiary/aromatic N) is 4. The number of pyridine rings is 2. The molecule has 8 nitrogen and oxygen atoms in total. The molecule has 0 aromatic carbocycles. The van der Waals surface area contributed by atoms with Crippen molar-refractivity contribution >= 4 is 46.6 Å². The number of carbonyl (C=O) groups is 1. The molecule has 28 heavy (non-hydrogen) atoms. The lowest BCUT2D eigenvalue weighted by Gasteiger charge is -2.19. The molecule has 0 spiro atoms. The van der Waals surface area contributed by atoms with Gasteiger partial charge in [0.15, 0.2) is 22.4 Å². The number of thiazole rings is 1. The number of hydrogen-bond donors (Lipinski definition) is 2. The fraction of sp³-hybridized carbons (Fsp3) is 0.294. The summed E-state index contributed by atoms with van der Waals surface area (Å²) >= 11 is 1.25. The third-order valence-corrected chi connectivity index (χ3v) is 5.51. The highest BCUT2D eigenvalue weighted by Gasteiger charge is 2.30. The van der Waals surface area contributed by atoms with Crippen LogP contribution < -0.4 is 16.1 Å². The number of hydrogen-bond acceptors (Lipinski definition) is 7. The largest absolute Gasteiger partial charge is 0.477 e. The van der Waals surface area contributed by atoms with Crippen molar-refractivity contribution in [2.45, 2.75) is 13.0 Å². The van der Waals surface area contributed by atoms with Gasteiger partial charge in [0.05, 0.1) is 5.39 Å². The maximum absolute atomic E-state index is 14.8. The van der Waals surface area contributed by atoms with E-state index >= 15 is 0 Å². The quantitative estimate of drug-likeness (QED) is 0.658. The summed E-state index contributed by atoms with van der Waals surface area (Å²) < 4.78 is 16.2. The Labute approximate surface area is 168 Å². The van der Waals surface area contributed by atoms with Crippen LogP contribution in [0.2, 0.25) is 0 Å². The van der Waals surface area contributed by atoms with Gasteiger partial charge in [0, 0.05) is 36.9 Å². The zero-order valence-electron chi connectivity index (χ0n) is 14.7. The molecule has 3 N–H and O–H groups in total. The van der Waals surface area contributed by atoms with Crippen molar-refractivity contribution in [1.29, 1.82) is 0 Å². The van der Waals surface area contributed by atoms with Gasteiger partial charge in [-0.2, -0.15) is 0 Å². The zero-order valence-corrected chi connectivity index (χ0v) is 16.3. The van der Waals surface area contributed by atoms with E-state index in [4.69, 9.17) is 5.73 Å². The van der Waals surface area contributed by atoms with Crippen LogP contribution in [0, 0.1) is 11.7 Å². The second-order valence-electron chi connectivity index (χ2n) is 6.57. The van der Waals surface area contributed by atoms with Gasteiger partial charge in [-0.05, 0) is 12.0 Å². The van der Waals surface area contributed by atoms with Gasteiger partial charge in [-0.1, -0.05) is 6.92 Å². The molecule has 1 fully saturated rings. The van der Waals surface area contributed by atoms with Crippen molar-refractivity contribution in [1.82, 2.24) is 14.5 Å². The average Bonchev–Trinajstić information content (AvgIpc) is 3.25. The molecule has 3 aromatic rings. The van der Waals surface area contributed by atoms with Crippen LogP contribution in [-0.2, 0) is 0 Å². The van der Waals surface area contributed by atoms with E-state index in [1.165, 1.54) is 22.1 Å². The van der Waals surface area contributed by atoms with Crippen molar-refractivity contribution in [3.8, 4) is 5.13 Å². The van der Waals surface area contributed by atoms with Crippen LogP contribution in [0.4, 0.5) is 10.2 Å². The lowest BCUT2D eigenvalue weighted by atomic mass is 10.1. The Morgan fingerprint density at radius 2 is 2.18 bits per heavy atom. The maximum Gasteiger partial charge on any atom is 0.341 e. The number of carboxylic acid groups (broad SMARTS) is 1. The van der Waals surface area contributed by atoms with E-state index in [1.807, 2.05) is 6.92 Å². The van der Waals surface area contributed by atoms with E-state index in [1.54, 1.807) is 16.5 Å². The van der Waals surface area contributed by atoms with Crippen LogP contribution in [0.3, 0.4) is 0 Å². The molecule has 0 amide bonds. The van der Waals surface area contributed by atoms with E-state index in [0.717, 1.165) is 6.07 Å². The molecule has 4 rings (SSSR count). The summed E-state index contributed by atoms with van der Waals surface area (Å²) in [4.78, 5) is 34.3. The van der Waals surface area contributed by atoms with E-state index in [2.05, 4.69) is 9.97 Å². The van der Waals surface area contributed by atoms with Gasteiger partial charge in [0.2, 0.25) is 5.43 Å². The molecular weight excluding hydrogens is 409 g/mol. The summed E-state index contributed by atoms with van der Waals surface area (Å²) in [5.41, 5.74) is 4.94. The first-order valence-electron chi connectivity index (χ1n) is 8.26. The highest BCUT2D eigenvalue weighted by Crippen LogP contribution is 2.27. The number of carboxylic acids is 1. The van der Waals surface area contributed by atoms with Crippen molar-refractivity contribution in [2.24, 2.45) is 11.7 Å². The number of rotatable bonds is 3. The molecule has 1 saturated heterocycles. The van der Waals surface area contributed by atoms with Gasteiger partial charge in [0.1, 0.15) is 5.56 Å².